The molecule has 3 aromatic rings. The molecule has 0 aliphatic heterocycles. The summed E-state index contributed by atoms with van der Waals surface area (Å²) in [5.41, 5.74) is -0.710. The van der Waals surface area contributed by atoms with Gasteiger partial charge < -0.3 is 14.3 Å². The summed E-state index contributed by atoms with van der Waals surface area (Å²) in [7, 11) is 1.19. The molecule has 0 atom stereocenters. The summed E-state index contributed by atoms with van der Waals surface area (Å²) < 4.78 is 10.7. The fourth-order valence-corrected chi connectivity index (χ4v) is 3.35. The molecule has 0 aliphatic rings. The molecule has 0 saturated heterocycles. The summed E-state index contributed by atoms with van der Waals surface area (Å²) in [6, 6.07) is 11.8. The van der Waals surface area contributed by atoms with E-state index in [2.05, 4.69) is 20.7 Å². The molecule has 0 radical (unpaired) electrons. The predicted molar refractivity (Wildman–Crippen MR) is 93.8 cm³/mol. The van der Waals surface area contributed by atoms with Gasteiger partial charge in [-0.3, -0.25) is 0 Å². The number of hydrogen-bond acceptors (Lipinski definition) is 6. The van der Waals surface area contributed by atoms with Crippen LogP contribution in [0.5, 0.6) is 5.75 Å². The SMILES string of the molecule is COC(=O)c1cc2c(Sc3ccc(Br)cc3)c(O)ccc2oc1=O. The van der Waals surface area contributed by atoms with Crippen LogP contribution in [-0.4, -0.2) is 18.2 Å². The molecule has 0 spiro atoms. The van der Waals surface area contributed by atoms with E-state index in [0.717, 1.165) is 9.37 Å². The number of methoxy groups -OCH3 is 1. The van der Waals surface area contributed by atoms with E-state index in [-0.39, 0.29) is 16.9 Å². The molecule has 7 heteroatoms. The lowest BCUT2D eigenvalue weighted by Gasteiger charge is -2.09. The van der Waals surface area contributed by atoms with Crippen molar-refractivity contribution in [2.24, 2.45) is 0 Å². The fourth-order valence-electron chi connectivity index (χ4n) is 2.13. The van der Waals surface area contributed by atoms with Gasteiger partial charge >= 0.3 is 11.6 Å². The van der Waals surface area contributed by atoms with Crippen LogP contribution in [0.3, 0.4) is 0 Å². The van der Waals surface area contributed by atoms with Crippen molar-refractivity contribution in [3.8, 4) is 5.75 Å². The van der Waals surface area contributed by atoms with Gasteiger partial charge in [0.1, 0.15) is 16.9 Å². The quantitative estimate of drug-likeness (QED) is 0.518. The lowest BCUT2D eigenvalue weighted by molar-refractivity contribution is 0.0596. The van der Waals surface area contributed by atoms with Crippen molar-refractivity contribution < 1.29 is 19.1 Å². The molecule has 0 bridgehead atoms. The van der Waals surface area contributed by atoms with Gasteiger partial charge in [0, 0.05) is 14.8 Å². The molecule has 3 rings (SSSR count). The number of aromatic hydroxyl groups is 1. The third-order valence-corrected chi connectivity index (χ3v) is 4.96. The highest BCUT2D eigenvalue weighted by Crippen LogP contribution is 2.40. The molecule has 1 N–H and O–H groups in total. The normalized spacial score (nSPS) is 10.8. The van der Waals surface area contributed by atoms with E-state index in [0.29, 0.717) is 10.3 Å². The van der Waals surface area contributed by atoms with Crippen LogP contribution in [-0.2, 0) is 4.74 Å². The molecule has 122 valence electrons. The number of phenols is 1. The minimum atomic E-state index is -0.784. The second-order valence-corrected chi connectivity index (χ2v) is 6.82. The zero-order valence-corrected chi connectivity index (χ0v) is 14.8. The van der Waals surface area contributed by atoms with E-state index < -0.39 is 11.6 Å². The van der Waals surface area contributed by atoms with Crippen molar-refractivity contribution in [1.29, 1.82) is 0 Å². The Bertz CT molecular complexity index is 979. The lowest BCUT2D eigenvalue weighted by Crippen LogP contribution is -2.15. The summed E-state index contributed by atoms with van der Waals surface area (Å²) in [5.74, 6) is -0.756. The molecular weight excluding hydrogens is 396 g/mol. The van der Waals surface area contributed by atoms with Crippen molar-refractivity contribution in [3.05, 3.63) is 62.9 Å². The zero-order chi connectivity index (χ0) is 17.3. The van der Waals surface area contributed by atoms with Crippen LogP contribution >= 0.6 is 27.7 Å². The van der Waals surface area contributed by atoms with Crippen molar-refractivity contribution in [2.75, 3.05) is 7.11 Å². The van der Waals surface area contributed by atoms with E-state index in [1.54, 1.807) is 0 Å². The molecular formula is C17H11BrO5S. The van der Waals surface area contributed by atoms with Gasteiger partial charge in [-0.05, 0) is 42.5 Å². The molecule has 1 heterocycles. The summed E-state index contributed by atoms with van der Waals surface area (Å²) in [4.78, 5) is 25.0. The van der Waals surface area contributed by atoms with Gasteiger partial charge in [-0.25, -0.2) is 9.59 Å². The minimum Gasteiger partial charge on any atom is -0.507 e. The molecule has 0 fully saturated rings. The van der Waals surface area contributed by atoms with Crippen molar-refractivity contribution in [1.82, 2.24) is 0 Å². The number of fused-ring (bicyclic) bond motifs is 1. The van der Waals surface area contributed by atoms with Gasteiger partial charge in [0.15, 0.2) is 0 Å². The lowest BCUT2D eigenvalue weighted by atomic mass is 10.2. The third kappa shape index (κ3) is 3.18. The van der Waals surface area contributed by atoms with Gasteiger partial charge in [-0.2, -0.15) is 0 Å². The van der Waals surface area contributed by atoms with Crippen molar-refractivity contribution in [3.63, 3.8) is 0 Å². The molecule has 5 nitrogen and oxygen atoms in total. The number of rotatable bonds is 3. The zero-order valence-electron chi connectivity index (χ0n) is 12.4. The van der Waals surface area contributed by atoms with Gasteiger partial charge in [0.05, 0.1) is 12.0 Å². The first-order chi connectivity index (χ1) is 11.5. The number of carbonyl (C=O) groups is 1. The molecule has 0 saturated carbocycles. The highest BCUT2D eigenvalue weighted by Gasteiger charge is 2.18. The number of esters is 1. The molecule has 0 unspecified atom stereocenters. The second-order valence-electron chi connectivity index (χ2n) is 4.82. The Morgan fingerprint density at radius 3 is 2.58 bits per heavy atom. The highest BCUT2D eigenvalue weighted by atomic mass is 79.9. The van der Waals surface area contributed by atoms with E-state index in [4.69, 9.17) is 4.42 Å². The number of halogens is 1. The van der Waals surface area contributed by atoms with Crippen LogP contribution in [0.25, 0.3) is 11.0 Å². The highest BCUT2D eigenvalue weighted by molar-refractivity contribution is 9.10. The van der Waals surface area contributed by atoms with Crippen LogP contribution in [0.4, 0.5) is 0 Å². The average molecular weight is 407 g/mol. The van der Waals surface area contributed by atoms with Gasteiger partial charge in [0.2, 0.25) is 0 Å². The Balaban J connectivity index is 2.18. The molecule has 24 heavy (non-hydrogen) atoms. The summed E-state index contributed by atoms with van der Waals surface area (Å²) in [6.45, 7) is 0. The van der Waals surface area contributed by atoms with Gasteiger partial charge in [0.25, 0.3) is 0 Å². The van der Waals surface area contributed by atoms with E-state index in [9.17, 15) is 14.7 Å². The largest absolute Gasteiger partial charge is 0.507 e. The first-order valence-corrected chi connectivity index (χ1v) is 8.42. The Hall–Kier alpha value is -2.25. The molecule has 1 aromatic heterocycles. The maximum absolute atomic E-state index is 11.9. The standard InChI is InChI=1S/C17H11BrO5S/c1-22-16(20)12-8-11-14(23-17(12)21)7-6-13(19)15(11)24-10-4-2-9(18)3-5-10/h2-8,19H,1H3. The van der Waals surface area contributed by atoms with E-state index in [1.807, 2.05) is 24.3 Å². The number of hydrogen-bond donors (Lipinski definition) is 1. The Labute approximate surface area is 149 Å². The molecule has 2 aromatic carbocycles. The van der Waals surface area contributed by atoms with Crippen molar-refractivity contribution in [2.45, 2.75) is 9.79 Å². The number of phenolic OH excluding ortho intramolecular Hbond substituents is 1. The molecule has 0 amide bonds. The topological polar surface area (TPSA) is 76.7 Å². The number of benzene rings is 2. The van der Waals surface area contributed by atoms with Crippen LogP contribution in [0.15, 0.2) is 65.9 Å². The first-order valence-electron chi connectivity index (χ1n) is 6.81. The maximum atomic E-state index is 11.9. The maximum Gasteiger partial charge on any atom is 0.351 e. The Kier molecular flexibility index (Phi) is 4.64. The minimum absolute atomic E-state index is 0.0279. The third-order valence-electron chi connectivity index (χ3n) is 3.29. The second kappa shape index (κ2) is 6.70. The van der Waals surface area contributed by atoms with Crippen LogP contribution in [0.2, 0.25) is 0 Å². The summed E-state index contributed by atoms with van der Waals surface area (Å²) in [5, 5.41) is 10.7. The number of ether oxygens (including phenoxy) is 1. The van der Waals surface area contributed by atoms with Crippen LogP contribution in [0, 0.1) is 0 Å². The summed E-state index contributed by atoms with van der Waals surface area (Å²) in [6.07, 6.45) is 0. The summed E-state index contributed by atoms with van der Waals surface area (Å²) >= 11 is 4.67. The smallest absolute Gasteiger partial charge is 0.351 e. The van der Waals surface area contributed by atoms with Crippen LogP contribution < -0.4 is 5.63 Å². The monoisotopic (exact) mass is 406 g/mol. The number of carbonyl (C=O) groups excluding carboxylic acids is 1. The van der Waals surface area contributed by atoms with Gasteiger partial charge in [-0.1, -0.05) is 27.7 Å². The van der Waals surface area contributed by atoms with E-state index in [1.165, 1.54) is 37.1 Å². The van der Waals surface area contributed by atoms with Crippen molar-refractivity contribution >= 4 is 44.6 Å². The first kappa shape index (κ1) is 16.6. The molecule has 0 aliphatic carbocycles. The fraction of sp³-hybridized carbons (Fsp3) is 0.0588. The average Bonchev–Trinajstić information content (AvgIpc) is 2.58. The van der Waals surface area contributed by atoms with Gasteiger partial charge in [-0.15, -0.1) is 0 Å². The Morgan fingerprint density at radius 2 is 1.92 bits per heavy atom. The Morgan fingerprint density at radius 1 is 1.21 bits per heavy atom. The van der Waals surface area contributed by atoms with Crippen LogP contribution in [0.1, 0.15) is 10.4 Å². The predicted octanol–water partition coefficient (Wildman–Crippen LogP) is 4.20. The van der Waals surface area contributed by atoms with E-state index >= 15 is 0 Å².